The fraction of sp³-hybridized carbons (Fsp3) is 0.571. The second-order valence-corrected chi connectivity index (χ2v) is 3.06. The second-order valence-electron chi connectivity index (χ2n) is 1.95. The molecule has 1 aliphatic heterocycles. The van der Waals surface area contributed by atoms with Gasteiger partial charge in [0, 0.05) is 5.75 Å². The molecule has 1 rings (SSSR count). The molecule has 0 atom stereocenters. The highest BCUT2D eigenvalue weighted by molar-refractivity contribution is 7.99. The summed E-state index contributed by atoms with van der Waals surface area (Å²) in [6.07, 6.45) is 4.59. The molecule has 0 spiro atoms. The van der Waals surface area contributed by atoms with Gasteiger partial charge >= 0.3 is 0 Å². The van der Waals surface area contributed by atoms with Crippen LogP contribution in [0.15, 0.2) is 11.6 Å². The molecule has 0 saturated carbocycles. The first-order valence-electron chi connectivity index (χ1n) is 2.98. The normalized spacial score (nSPS) is 20.4. The van der Waals surface area contributed by atoms with Crippen LogP contribution in [0.4, 0.5) is 0 Å². The number of hydrogen-bond donors (Lipinski definition) is 0. The molecule has 0 aromatic heterocycles. The first kappa shape index (κ1) is 6.21. The number of thioether (sulfide) groups is 1. The highest BCUT2D eigenvalue weighted by Crippen LogP contribution is 2.18. The molecule has 0 N–H and O–H groups in total. The Bertz CT molecular complexity index is 94.6. The summed E-state index contributed by atoms with van der Waals surface area (Å²) >= 11 is 2.02. The Hall–Kier alpha value is 0.0900. The van der Waals surface area contributed by atoms with Crippen LogP contribution in [0, 0.1) is 6.92 Å². The predicted molar refractivity (Wildman–Crippen MR) is 40.0 cm³/mol. The summed E-state index contributed by atoms with van der Waals surface area (Å²) in [5.74, 6) is 2.53. The molecule has 0 fully saturated rings. The Labute approximate surface area is 55.4 Å². The minimum atomic E-state index is 1.01. The van der Waals surface area contributed by atoms with Crippen LogP contribution in [0.5, 0.6) is 0 Å². The van der Waals surface area contributed by atoms with Crippen LogP contribution >= 0.6 is 11.8 Å². The van der Waals surface area contributed by atoms with Crippen molar-refractivity contribution >= 4 is 11.8 Å². The number of allylic oxidation sites excluding steroid dienone is 1. The summed E-state index contributed by atoms with van der Waals surface area (Å²) in [5.41, 5.74) is 1.53. The van der Waals surface area contributed by atoms with Crippen LogP contribution in [0.25, 0.3) is 0 Å². The van der Waals surface area contributed by atoms with Gasteiger partial charge in [-0.3, -0.25) is 0 Å². The van der Waals surface area contributed by atoms with Crippen molar-refractivity contribution in [3.8, 4) is 0 Å². The third-order valence-electron chi connectivity index (χ3n) is 1.30. The molecule has 1 heteroatoms. The molecule has 0 amide bonds. The van der Waals surface area contributed by atoms with Gasteiger partial charge in [0.15, 0.2) is 0 Å². The average Bonchev–Trinajstić information content (AvgIpc) is 1.90. The standard InChI is InChI=1S/C7H11S/c1-2-7-4-3-5-8-6-7/h4H,1-3,5-6H2. The van der Waals surface area contributed by atoms with Crippen molar-refractivity contribution in [3.05, 3.63) is 18.6 Å². The second kappa shape index (κ2) is 3.18. The lowest BCUT2D eigenvalue weighted by Crippen LogP contribution is -1.94. The Kier molecular flexibility index (Phi) is 2.47. The van der Waals surface area contributed by atoms with E-state index in [-0.39, 0.29) is 0 Å². The molecule has 1 aliphatic rings. The lowest BCUT2D eigenvalue weighted by Gasteiger charge is -2.08. The molecule has 0 saturated heterocycles. The van der Waals surface area contributed by atoms with Crippen molar-refractivity contribution in [1.29, 1.82) is 0 Å². The summed E-state index contributed by atoms with van der Waals surface area (Å²) in [6.45, 7) is 3.83. The molecule has 1 radical (unpaired) electrons. The lowest BCUT2D eigenvalue weighted by molar-refractivity contribution is 1.11. The van der Waals surface area contributed by atoms with Crippen molar-refractivity contribution in [1.82, 2.24) is 0 Å². The zero-order valence-corrected chi connectivity index (χ0v) is 5.84. The predicted octanol–water partition coefficient (Wildman–Crippen LogP) is 2.27. The van der Waals surface area contributed by atoms with Gasteiger partial charge < -0.3 is 0 Å². The summed E-state index contributed by atoms with van der Waals surface area (Å²) in [7, 11) is 0. The molecule has 0 aromatic rings. The van der Waals surface area contributed by atoms with Gasteiger partial charge in [0.05, 0.1) is 0 Å². The Morgan fingerprint density at radius 3 is 3.00 bits per heavy atom. The Balaban J connectivity index is 2.37. The van der Waals surface area contributed by atoms with E-state index in [1.807, 2.05) is 11.8 Å². The smallest absolute Gasteiger partial charge is 0.0143 e. The van der Waals surface area contributed by atoms with Gasteiger partial charge in [-0.05, 0) is 25.5 Å². The minimum absolute atomic E-state index is 1.01. The van der Waals surface area contributed by atoms with Crippen LogP contribution in [0.2, 0.25) is 0 Å². The average molecular weight is 127 g/mol. The molecule has 0 aromatic carbocycles. The van der Waals surface area contributed by atoms with Crippen LogP contribution in [0.3, 0.4) is 0 Å². The maximum Gasteiger partial charge on any atom is 0.0143 e. The van der Waals surface area contributed by atoms with E-state index in [0.29, 0.717) is 0 Å². The van der Waals surface area contributed by atoms with Crippen molar-refractivity contribution in [2.24, 2.45) is 0 Å². The quantitative estimate of drug-likeness (QED) is 0.487. The third kappa shape index (κ3) is 1.55. The highest BCUT2D eigenvalue weighted by Gasteiger charge is 1.99. The van der Waals surface area contributed by atoms with E-state index in [0.717, 1.165) is 6.42 Å². The highest BCUT2D eigenvalue weighted by atomic mass is 32.2. The van der Waals surface area contributed by atoms with E-state index in [1.165, 1.54) is 23.5 Å². The molecule has 0 unspecified atom stereocenters. The Morgan fingerprint density at radius 2 is 2.62 bits per heavy atom. The van der Waals surface area contributed by atoms with Crippen LogP contribution < -0.4 is 0 Å². The van der Waals surface area contributed by atoms with Crippen LogP contribution in [-0.2, 0) is 0 Å². The molecule has 0 nitrogen and oxygen atoms in total. The van der Waals surface area contributed by atoms with Crippen molar-refractivity contribution in [2.45, 2.75) is 12.8 Å². The van der Waals surface area contributed by atoms with E-state index in [4.69, 9.17) is 0 Å². The van der Waals surface area contributed by atoms with Gasteiger partial charge in [0.2, 0.25) is 0 Å². The van der Waals surface area contributed by atoms with E-state index in [1.54, 1.807) is 0 Å². The van der Waals surface area contributed by atoms with E-state index in [2.05, 4.69) is 13.0 Å². The summed E-state index contributed by atoms with van der Waals surface area (Å²) in [5, 5.41) is 0. The number of hydrogen-bond acceptors (Lipinski definition) is 1. The monoisotopic (exact) mass is 127 g/mol. The summed E-state index contributed by atoms with van der Waals surface area (Å²) in [6, 6.07) is 0. The molecule has 45 valence electrons. The Morgan fingerprint density at radius 1 is 1.75 bits per heavy atom. The largest absolute Gasteiger partial charge is 0.157 e. The first-order valence-corrected chi connectivity index (χ1v) is 4.14. The first-order chi connectivity index (χ1) is 3.93. The molecule has 0 bridgehead atoms. The molecule has 1 heterocycles. The SMILES string of the molecule is [CH2]CC1=CCCSC1. The van der Waals surface area contributed by atoms with E-state index in [9.17, 15) is 0 Å². The van der Waals surface area contributed by atoms with E-state index < -0.39 is 0 Å². The maximum absolute atomic E-state index is 3.83. The molecule has 0 aliphatic carbocycles. The fourth-order valence-corrected chi connectivity index (χ4v) is 1.74. The molecular weight excluding hydrogens is 116 g/mol. The lowest BCUT2D eigenvalue weighted by atomic mass is 10.2. The van der Waals surface area contributed by atoms with Gasteiger partial charge in [0.25, 0.3) is 0 Å². The van der Waals surface area contributed by atoms with Crippen LogP contribution in [-0.4, -0.2) is 11.5 Å². The summed E-state index contributed by atoms with van der Waals surface area (Å²) < 4.78 is 0. The number of rotatable bonds is 1. The van der Waals surface area contributed by atoms with Crippen molar-refractivity contribution in [2.75, 3.05) is 11.5 Å². The van der Waals surface area contributed by atoms with Gasteiger partial charge in [0.1, 0.15) is 0 Å². The van der Waals surface area contributed by atoms with Crippen LogP contribution in [0.1, 0.15) is 12.8 Å². The molecule has 8 heavy (non-hydrogen) atoms. The van der Waals surface area contributed by atoms with E-state index >= 15 is 0 Å². The van der Waals surface area contributed by atoms with Crippen molar-refractivity contribution < 1.29 is 0 Å². The zero-order valence-electron chi connectivity index (χ0n) is 5.02. The molecular formula is C7H11S. The van der Waals surface area contributed by atoms with Gasteiger partial charge in [-0.25, -0.2) is 0 Å². The van der Waals surface area contributed by atoms with Gasteiger partial charge in [-0.1, -0.05) is 11.6 Å². The topological polar surface area (TPSA) is 0 Å². The zero-order chi connectivity index (χ0) is 5.82. The van der Waals surface area contributed by atoms with Crippen molar-refractivity contribution in [3.63, 3.8) is 0 Å². The van der Waals surface area contributed by atoms with Gasteiger partial charge in [-0.2, -0.15) is 11.8 Å². The third-order valence-corrected chi connectivity index (χ3v) is 2.40. The fourth-order valence-electron chi connectivity index (χ4n) is 0.783. The summed E-state index contributed by atoms with van der Waals surface area (Å²) in [4.78, 5) is 0. The maximum atomic E-state index is 3.83. The van der Waals surface area contributed by atoms with Gasteiger partial charge in [-0.15, -0.1) is 0 Å². The minimum Gasteiger partial charge on any atom is -0.157 e.